The smallest absolute Gasteiger partial charge is 0.321 e. The summed E-state index contributed by atoms with van der Waals surface area (Å²) in [6.45, 7) is 15.5. The van der Waals surface area contributed by atoms with E-state index < -0.39 is 0 Å². The van der Waals surface area contributed by atoms with Crippen molar-refractivity contribution in [3.63, 3.8) is 0 Å². The van der Waals surface area contributed by atoms with Crippen molar-refractivity contribution in [3.05, 3.63) is 72.2 Å². The lowest BCUT2D eigenvalue weighted by Crippen LogP contribution is -2.44. The summed E-state index contributed by atoms with van der Waals surface area (Å²) in [6, 6.07) is -0.0706. The van der Waals surface area contributed by atoms with Gasteiger partial charge in [-0.1, -0.05) is 51.3 Å². The maximum absolute atomic E-state index is 11.3. The summed E-state index contributed by atoms with van der Waals surface area (Å²) in [7, 11) is 4.87. The van der Waals surface area contributed by atoms with Crippen molar-refractivity contribution in [2.24, 2.45) is 0 Å². The molecule has 28 heavy (non-hydrogen) atoms. The van der Waals surface area contributed by atoms with E-state index in [2.05, 4.69) is 23.8 Å². The van der Waals surface area contributed by atoms with Crippen LogP contribution in [0.4, 0.5) is 4.79 Å². The molecule has 0 aliphatic carbocycles. The molecule has 1 rings (SSSR count). The van der Waals surface area contributed by atoms with Crippen LogP contribution in [0.2, 0.25) is 0 Å². The molecule has 0 saturated carbocycles. The largest absolute Gasteiger partial charge is 0.501 e. The maximum Gasteiger partial charge on any atom is 0.321 e. The van der Waals surface area contributed by atoms with Crippen LogP contribution in [-0.2, 0) is 9.53 Å². The highest BCUT2D eigenvalue weighted by atomic mass is 16.5. The molecule has 0 aromatic rings. The maximum atomic E-state index is 11.3. The normalized spacial score (nSPS) is 16.8. The number of nitrogens with zero attached hydrogens (tertiary/aromatic N) is 1. The number of carbonyl (C=O) groups excluding carboxylic acids is 2. The molecule has 1 saturated heterocycles. The van der Waals surface area contributed by atoms with Crippen LogP contribution < -0.4 is 10.6 Å². The molecular formula is C22H35N3O3. The summed E-state index contributed by atoms with van der Waals surface area (Å²) in [5.74, 6) is 0.412. The van der Waals surface area contributed by atoms with Crippen molar-refractivity contribution in [1.29, 1.82) is 0 Å². The zero-order chi connectivity index (χ0) is 22.1. The molecule has 0 aromatic heterocycles. The summed E-state index contributed by atoms with van der Waals surface area (Å²) in [6.07, 6.45) is 10.4. The predicted octanol–water partition coefficient (Wildman–Crippen LogP) is 4.08. The number of ether oxygens (including phenoxy) is 1. The first kappa shape index (κ1) is 27.2. The highest BCUT2D eigenvalue weighted by Gasteiger charge is 2.19. The van der Waals surface area contributed by atoms with Crippen molar-refractivity contribution in [2.75, 3.05) is 27.7 Å². The Morgan fingerprint density at radius 2 is 1.89 bits per heavy atom. The fraction of sp³-hybridized carbons (Fsp3) is 0.364. The minimum Gasteiger partial charge on any atom is -0.501 e. The van der Waals surface area contributed by atoms with Crippen molar-refractivity contribution in [2.45, 2.75) is 27.7 Å². The fourth-order valence-corrected chi connectivity index (χ4v) is 1.98. The summed E-state index contributed by atoms with van der Waals surface area (Å²) >= 11 is 0. The Kier molecular flexibility index (Phi) is 15.7. The van der Waals surface area contributed by atoms with Gasteiger partial charge in [0.05, 0.1) is 12.7 Å². The van der Waals surface area contributed by atoms with Gasteiger partial charge in [0.15, 0.2) is 0 Å². The van der Waals surface area contributed by atoms with Gasteiger partial charge in [-0.25, -0.2) is 4.79 Å². The topological polar surface area (TPSA) is 70.7 Å². The SMILES string of the molecule is C=C/C=C1/NC(=O)N(C)C/C1=C/C.C=C/C=C\C(C(=O)NC)=C(/C)OC.CC. The third-order valence-corrected chi connectivity index (χ3v) is 3.53. The first-order valence-corrected chi connectivity index (χ1v) is 9.12. The third-order valence-electron chi connectivity index (χ3n) is 3.53. The molecule has 1 heterocycles. The van der Waals surface area contributed by atoms with E-state index in [0.717, 1.165) is 11.3 Å². The Balaban J connectivity index is 0. The standard InChI is InChI=1S/C10H14N2O.C10H15NO2.C2H6/c1-4-6-9-8(5-2)7-12(3)10(13)11-9;1-5-6-7-9(8(2)13-4)10(12)11-3;1-2/h4-6H,1,7H2,2-3H3,(H,11,13);5-7H,1H2,2-4H3,(H,11,12);1-2H3/b8-5-,9-6+;7-6-,9-8-;. The van der Waals surface area contributed by atoms with E-state index in [-0.39, 0.29) is 11.9 Å². The van der Waals surface area contributed by atoms with Crippen molar-refractivity contribution in [1.82, 2.24) is 15.5 Å². The first-order valence-electron chi connectivity index (χ1n) is 9.12. The van der Waals surface area contributed by atoms with Crippen molar-refractivity contribution >= 4 is 11.9 Å². The highest BCUT2D eigenvalue weighted by molar-refractivity contribution is 5.96. The Hall–Kier alpha value is -3.02. The lowest BCUT2D eigenvalue weighted by Gasteiger charge is -2.27. The molecule has 0 atom stereocenters. The number of hydrogen-bond acceptors (Lipinski definition) is 3. The number of hydrogen-bond donors (Lipinski definition) is 2. The van der Waals surface area contributed by atoms with Gasteiger partial charge in [0, 0.05) is 26.3 Å². The Morgan fingerprint density at radius 3 is 2.32 bits per heavy atom. The van der Waals surface area contributed by atoms with Gasteiger partial charge in [-0.15, -0.1) is 0 Å². The number of methoxy groups -OCH3 is 1. The lowest BCUT2D eigenvalue weighted by atomic mass is 10.1. The van der Waals surface area contributed by atoms with Gasteiger partial charge in [-0.05, 0) is 31.6 Å². The van der Waals surface area contributed by atoms with Gasteiger partial charge in [-0.3, -0.25) is 4.79 Å². The molecule has 0 radical (unpaired) electrons. The van der Waals surface area contributed by atoms with Crippen LogP contribution >= 0.6 is 0 Å². The van der Waals surface area contributed by atoms with Crippen LogP contribution in [0.25, 0.3) is 0 Å². The predicted molar refractivity (Wildman–Crippen MR) is 118 cm³/mol. The van der Waals surface area contributed by atoms with Crippen LogP contribution in [0, 0.1) is 0 Å². The van der Waals surface area contributed by atoms with Crippen LogP contribution in [0.15, 0.2) is 72.2 Å². The number of amides is 3. The number of nitrogens with one attached hydrogen (secondary N) is 2. The van der Waals surface area contributed by atoms with E-state index in [4.69, 9.17) is 4.74 Å². The zero-order valence-corrected chi connectivity index (χ0v) is 18.3. The molecule has 1 aliphatic rings. The second-order valence-electron chi connectivity index (χ2n) is 5.26. The second-order valence-corrected chi connectivity index (χ2v) is 5.26. The number of carbonyl (C=O) groups is 2. The van der Waals surface area contributed by atoms with Crippen LogP contribution in [0.3, 0.4) is 0 Å². The molecular weight excluding hydrogens is 354 g/mol. The minimum atomic E-state index is -0.169. The molecule has 1 aliphatic heterocycles. The molecule has 0 bridgehead atoms. The molecule has 6 heteroatoms. The number of likely N-dealkylation sites (N-methyl/N-ethyl adjacent to an activating group) is 2. The summed E-state index contributed by atoms with van der Waals surface area (Å²) < 4.78 is 4.97. The number of rotatable bonds is 5. The monoisotopic (exact) mass is 389 g/mol. The Morgan fingerprint density at radius 1 is 1.29 bits per heavy atom. The molecule has 156 valence electrons. The third kappa shape index (κ3) is 9.62. The van der Waals surface area contributed by atoms with Crippen LogP contribution in [0.5, 0.6) is 0 Å². The summed E-state index contributed by atoms with van der Waals surface area (Å²) in [5.41, 5.74) is 2.47. The van der Waals surface area contributed by atoms with E-state index in [9.17, 15) is 9.59 Å². The van der Waals surface area contributed by atoms with E-state index in [0.29, 0.717) is 17.9 Å². The summed E-state index contributed by atoms with van der Waals surface area (Å²) in [4.78, 5) is 24.2. The van der Waals surface area contributed by atoms with E-state index >= 15 is 0 Å². The van der Waals surface area contributed by atoms with Crippen molar-refractivity contribution in [3.8, 4) is 0 Å². The van der Waals surface area contributed by atoms with Gasteiger partial charge in [0.2, 0.25) is 0 Å². The van der Waals surface area contributed by atoms with E-state index in [1.54, 1.807) is 56.3 Å². The first-order chi connectivity index (χ1) is 13.4. The summed E-state index contributed by atoms with van der Waals surface area (Å²) in [5, 5.41) is 5.30. The quantitative estimate of drug-likeness (QED) is 0.423. The molecule has 0 unspecified atom stereocenters. The van der Waals surface area contributed by atoms with E-state index in [1.165, 1.54) is 7.11 Å². The van der Waals surface area contributed by atoms with Crippen LogP contribution in [0.1, 0.15) is 27.7 Å². The van der Waals surface area contributed by atoms with E-state index in [1.807, 2.05) is 26.8 Å². The molecule has 1 fully saturated rings. The van der Waals surface area contributed by atoms with Gasteiger partial charge < -0.3 is 20.3 Å². The highest BCUT2D eigenvalue weighted by Crippen LogP contribution is 2.14. The molecule has 0 aromatic carbocycles. The minimum absolute atomic E-state index is 0.0706. The van der Waals surface area contributed by atoms with Crippen molar-refractivity contribution < 1.29 is 14.3 Å². The molecule has 2 N–H and O–H groups in total. The van der Waals surface area contributed by atoms with Gasteiger partial charge in [0.1, 0.15) is 5.76 Å². The second kappa shape index (κ2) is 16.2. The Labute approximate surface area is 170 Å². The average molecular weight is 390 g/mol. The Bertz CT molecular complexity index is 656. The van der Waals surface area contributed by atoms with Gasteiger partial charge in [0.25, 0.3) is 5.91 Å². The number of allylic oxidation sites excluding steroid dienone is 6. The molecule has 6 nitrogen and oxygen atoms in total. The van der Waals surface area contributed by atoms with Crippen LogP contribution in [-0.4, -0.2) is 44.6 Å². The fourth-order valence-electron chi connectivity index (χ4n) is 1.98. The molecule has 3 amide bonds. The molecule has 0 spiro atoms. The van der Waals surface area contributed by atoms with Gasteiger partial charge >= 0.3 is 6.03 Å². The van der Waals surface area contributed by atoms with Gasteiger partial charge in [-0.2, -0.15) is 0 Å². The zero-order valence-electron chi connectivity index (χ0n) is 18.3. The average Bonchev–Trinajstić information content (AvgIpc) is 2.72. The lowest BCUT2D eigenvalue weighted by molar-refractivity contribution is -0.116. The number of urea groups is 1.